The van der Waals surface area contributed by atoms with E-state index in [-0.39, 0.29) is 24.1 Å². The number of nitrogens with one attached hydrogen (secondary N) is 3. The van der Waals surface area contributed by atoms with Gasteiger partial charge in [0.2, 0.25) is 0 Å². The fourth-order valence-electron chi connectivity index (χ4n) is 2.08. The fraction of sp³-hybridized carbons (Fsp3) is 0.312. The molecule has 2 rings (SSSR count). The molecule has 22 heavy (non-hydrogen) atoms. The first-order valence-corrected chi connectivity index (χ1v) is 7.14. The Morgan fingerprint density at radius 1 is 1.14 bits per heavy atom. The van der Waals surface area contributed by atoms with Crippen molar-refractivity contribution in [2.45, 2.75) is 13.3 Å². The smallest absolute Gasteiger partial charge is 0.253 e. The van der Waals surface area contributed by atoms with E-state index in [9.17, 15) is 9.18 Å². The first-order valence-electron chi connectivity index (χ1n) is 7.14. The standard InChI is InChI=1S/C16H20FN3O.ClH/c1-2-7-18-8-9-20-16(21)15-11-19-10-14(15)12-3-5-13(17)6-4-12;/h3-6,10-11,18-19H,2,7-9H2,1H3,(H,20,21);1H. The third-order valence-corrected chi connectivity index (χ3v) is 3.16. The monoisotopic (exact) mass is 325 g/mol. The summed E-state index contributed by atoms with van der Waals surface area (Å²) in [6.45, 7) is 4.37. The molecule has 120 valence electrons. The summed E-state index contributed by atoms with van der Waals surface area (Å²) >= 11 is 0. The van der Waals surface area contributed by atoms with E-state index in [0.717, 1.165) is 30.6 Å². The highest BCUT2D eigenvalue weighted by Crippen LogP contribution is 2.23. The molecule has 0 saturated heterocycles. The van der Waals surface area contributed by atoms with Crippen molar-refractivity contribution in [2.75, 3.05) is 19.6 Å². The lowest BCUT2D eigenvalue weighted by Crippen LogP contribution is -2.32. The van der Waals surface area contributed by atoms with Gasteiger partial charge in [0.25, 0.3) is 5.91 Å². The number of hydrogen-bond acceptors (Lipinski definition) is 2. The molecular weight excluding hydrogens is 305 g/mol. The molecule has 0 radical (unpaired) electrons. The van der Waals surface area contributed by atoms with Crippen molar-refractivity contribution < 1.29 is 9.18 Å². The second-order valence-corrected chi connectivity index (χ2v) is 4.80. The minimum atomic E-state index is -0.290. The van der Waals surface area contributed by atoms with E-state index in [0.29, 0.717) is 12.1 Å². The lowest BCUT2D eigenvalue weighted by atomic mass is 10.0. The lowest BCUT2D eigenvalue weighted by Gasteiger charge is -2.07. The van der Waals surface area contributed by atoms with Crippen LogP contribution in [-0.2, 0) is 0 Å². The van der Waals surface area contributed by atoms with E-state index >= 15 is 0 Å². The summed E-state index contributed by atoms with van der Waals surface area (Å²) in [4.78, 5) is 15.1. The molecule has 2 aromatic rings. The number of H-pyrrole nitrogens is 1. The van der Waals surface area contributed by atoms with Gasteiger partial charge in [0.1, 0.15) is 5.82 Å². The van der Waals surface area contributed by atoms with Crippen LogP contribution >= 0.6 is 12.4 Å². The highest BCUT2D eigenvalue weighted by atomic mass is 35.5. The van der Waals surface area contributed by atoms with Crippen molar-refractivity contribution in [3.05, 3.63) is 48.0 Å². The highest BCUT2D eigenvalue weighted by Gasteiger charge is 2.13. The molecule has 0 bridgehead atoms. The molecule has 1 heterocycles. The Balaban J connectivity index is 0.00000242. The maximum Gasteiger partial charge on any atom is 0.253 e. The molecule has 1 amide bonds. The van der Waals surface area contributed by atoms with E-state index in [2.05, 4.69) is 22.5 Å². The summed E-state index contributed by atoms with van der Waals surface area (Å²) < 4.78 is 13.0. The number of amides is 1. The van der Waals surface area contributed by atoms with E-state index in [1.165, 1.54) is 12.1 Å². The largest absolute Gasteiger partial charge is 0.366 e. The fourth-order valence-corrected chi connectivity index (χ4v) is 2.08. The zero-order valence-electron chi connectivity index (χ0n) is 12.5. The van der Waals surface area contributed by atoms with Gasteiger partial charge in [0.15, 0.2) is 0 Å². The average molecular weight is 326 g/mol. The van der Waals surface area contributed by atoms with Crippen molar-refractivity contribution >= 4 is 18.3 Å². The van der Waals surface area contributed by atoms with Gasteiger partial charge in [-0.05, 0) is 30.7 Å². The molecule has 1 aromatic heterocycles. The summed E-state index contributed by atoms with van der Waals surface area (Å²) in [5, 5.41) is 6.09. The highest BCUT2D eigenvalue weighted by molar-refractivity contribution is 6.00. The van der Waals surface area contributed by atoms with Crippen molar-refractivity contribution in [1.29, 1.82) is 0 Å². The number of carbonyl (C=O) groups is 1. The molecule has 1 aromatic carbocycles. The van der Waals surface area contributed by atoms with E-state index in [4.69, 9.17) is 0 Å². The van der Waals surface area contributed by atoms with Gasteiger partial charge in [-0.1, -0.05) is 19.1 Å². The van der Waals surface area contributed by atoms with Crippen molar-refractivity contribution in [1.82, 2.24) is 15.6 Å². The van der Waals surface area contributed by atoms with Gasteiger partial charge in [-0.2, -0.15) is 0 Å². The molecule has 4 nitrogen and oxygen atoms in total. The van der Waals surface area contributed by atoms with Crippen LogP contribution in [0.1, 0.15) is 23.7 Å². The minimum Gasteiger partial charge on any atom is -0.366 e. The predicted molar refractivity (Wildman–Crippen MR) is 88.9 cm³/mol. The summed E-state index contributed by atoms with van der Waals surface area (Å²) in [5.41, 5.74) is 2.15. The first kappa shape index (κ1) is 18.2. The van der Waals surface area contributed by atoms with Gasteiger partial charge >= 0.3 is 0 Å². The number of benzene rings is 1. The number of hydrogen-bond donors (Lipinski definition) is 3. The zero-order valence-corrected chi connectivity index (χ0v) is 13.3. The molecule has 0 spiro atoms. The molecule has 3 N–H and O–H groups in total. The Morgan fingerprint density at radius 3 is 2.55 bits per heavy atom. The van der Waals surface area contributed by atoms with Gasteiger partial charge in [-0.3, -0.25) is 4.79 Å². The van der Waals surface area contributed by atoms with Crippen LogP contribution in [0.4, 0.5) is 4.39 Å². The van der Waals surface area contributed by atoms with Crippen molar-refractivity contribution in [2.24, 2.45) is 0 Å². The summed E-state index contributed by atoms with van der Waals surface area (Å²) in [5.74, 6) is -0.420. The maximum atomic E-state index is 13.0. The van der Waals surface area contributed by atoms with Gasteiger partial charge < -0.3 is 15.6 Å². The Kier molecular flexibility index (Phi) is 7.63. The molecule has 0 atom stereocenters. The number of halogens is 2. The van der Waals surface area contributed by atoms with E-state index in [1.807, 2.05) is 0 Å². The van der Waals surface area contributed by atoms with Crippen LogP contribution in [0.25, 0.3) is 11.1 Å². The summed E-state index contributed by atoms with van der Waals surface area (Å²) in [7, 11) is 0. The Bertz CT molecular complexity index is 583. The first-order chi connectivity index (χ1) is 10.2. The molecule has 0 fully saturated rings. The van der Waals surface area contributed by atoms with Crippen LogP contribution in [0, 0.1) is 5.82 Å². The quantitative estimate of drug-likeness (QED) is 0.685. The number of carbonyl (C=O) groups excluding carboxylic acids is 1. The van der Waals surface area contributed by atoms with E-state index in [1.54, 1.807) is 24.5 Å². The van der Waals surface area contributed by atoms with Crippen molar-refractivity contribution in [3.63, 3.8) is 0 Å². The second kappa shape index (κ2) is 9.23. The maximum absolute atomic E-state index is 13.0. The van der Waals surface area contributed by atoms with Crippen molar-refractivity contribution in [3.8, 4) is 11.1 Å². The van der Waals surface area contributed by atoms with Crippen LogP contribution in [0.5, 0.6) is 0 Å². The topological polar surface area (TPSA) is 56.9 Å². The molecule has 0 unspecified atom stereocenters. The molecule has 0 aliphatic carbocycles. The summed E-state index contributed by atoms with van der Waals surface area (Å²) in [6, 6.07) is 6.10. The molecule has 6 heteroatoms. The van der Waals surface area contributed by atoms with Gasteiger partial charge in [-0.15, -0.1) is 12.4 Å². The van der Waals surface area contributed by atoms with Crippen LogP contribution in [0.2, 0.25) is 0 Å². The van der Waals surface area contributed by atoms with Gasteiger partial charge in [-0.25, -0.2) is 4.39 Å². The number of aromatic amines is 1. The molecule has 0 aliphatic heterocycles. The minimum absolute atomic E-state index is 0. The SMILES string of the molecule is CCCNCCNC(=O)c1c[nH]cc1-c1ccc(F)cc1.Cl. The zero-order chi connectivity index (χ0) is 15.1. The summed E-state index contributed by atoms with van der Waals surface area (Å²) in [6.07, 6.45) is 4.48. The Labute approximate surface area is 135 Å². The Hall–Kier alpha value is -1.85. The van der Waals surface area contributed by atoms with Crippen LogP contribution < -0.4 is 10.6 Å². The molecule has 0 saturated carbocycles. The van der Waals surface area contributed by atoms with E-state index < -0.39 is 0 Å². The lowest BCUT2D eigenvalue weighted by molar-refractivity contribution is 0.0954. The predicted octanol–water partition coefficient (Wildman–Crippen LogP) is 2.97. The van der Waals surface area contributed by atoms with Gasteiger partial charge in [0, 0.05) is 31.0 Å². The van der Waals surface area contributed by atoms with Gasteiger partial charge in [0.05, 0.1) is 5.56 Å². The van der Waals surface area contributed by atoms with Crippen LogP contribution in [0.3, 0.4) is 0 Å². The van der Waals surface area contributed by atoms with Crippen LogP contribution in [0.15, 0.2) is 36.7 Å². The third-order valence-electron chi connectivity index (χ3n) is 3.16. The average Bonchev–Trinajstić information content (AvgIpc) is 2.97. The Morgan fingerprint density at radius 2 is 1.86 bits per heavy atom. The molecule has 0 aliphatic rings. The molecular formula is C16H21ClFN3O. The second-order valence-electron chi connectivity index (χ2n) is 4.80. The number of aromatic nitrogens is 1. The normalized spacial score (nSPS) is 10.1. The number of rotatable bonds is 7. The third kappa shape index (κ3) is 4.86. The van der Waals surface area contributed by atoms with Crippen LogP contribution in [-0.4, -0.2) is 30.5 Å².